The molecule has 0 bridgehead atoms. The van der Waals surface area contributed by atoms with Crippen molar-refractivity contribution in [1.29, 1.82) is 0 Å². The molecule has 0 saturated heterocycles. The van der Waals surface area contributed by atoms with Crippen LogP contribution in [0.15, 0.2) is 59.7 Å². The highest BCUT2D eigenvalue weighted by atomic mass is 127. The SMILES string of the molecule is COc1cc2ccccc2cc1C(=O)NN=Cc1ccc(O)c(I)c1. The van der Waals surface area contributed by atoms with Crippen molar-refractivity contribution in [3.8, 4) is 11.5 Å². The number of carbonyl (C=O) groups is 1. The van der Waals surface area contributed by atoms with Crippen LogP contribution in [0.2, 0.25) is 0 Å². The molecule has 3 rings (SSSR count). The normalized spacial score (nSPS) is 11.0. The van der Waals surface area contributed by atoms with E-state index in [0.29, 0.717) is 14.9 Å². The van der Waals surface area contributed by atoms with E-state index in [-0.39, 0.29) is 11.7 Å². The van der Waals surface area contributed by atoms with E-state index in [1.165, 1.54) is 13.3 Å². The van der Waals surface area contributed by atoms with E-state index < -0.39 is 0 Å². The second-order valence-corrected chi connectivity index (χ2v) is 6.47. The molecule has 1 amide bonds. The fourth-order valence-corrected chi connectivity index (χ4v) is 2.93. The number of halogens is 1. The Morgan fingerprint density at radius 2 is 1.88 bits per heavy atom. The monoisotopic (exact) mass is 446 g/mol. The molecule has 0 aliphatic carbocycles. The summed E-state index contributed by atoms with van der Waals surface area (Å²) in [7, 11) is 1.53. The highest BCUT2D eigenvalue weighted by molar-refractivity contribution is 14.1. The number of amides is 1. The van der Waals surface area contributed by atoms with Gasteiger partial charge >= 0.3 is 0 Å². The summed E-state index contributed by atoms with van der Waals surface area (Å²) in [6.07, 6.45) is 1.52. The van der Waals surface area contributed by atoms with E-state index in [2.05, 4.69) is 10.5 Å². The molecule has 0 spiro atoms. The minimum absolute atomic E-state index is 0.211. The van der Waals surface area contributed by atoms with E-state index >= 15 is 0 Å². The number of ether oxygens (including phenoxy) is 1. The largest absolute Gasteiger partial charge is 0.507 e. The lowest BCUT2D eigenvalue weighted by Gasteiger charge is -2.09. The van der Waals surface area contributed by atoms with Gasteiger partial charge in [-0.2, -0.15) is 5.10 Å². The highest BCUT2D eigenvalue weighted by Gasteiger charge is 2.13. The van der Waals surface area contributed by atoms with E-state index in [1.54, 1.807) is 24.3 Å². The number of aromatic hydroxyl groups is 1. The van der Waals surface area contributed by atoms with Crippen molar-refractivity contribution >= 4 is 45.5 Å². The molecular formula is C19H15IN2O3. The van der Waals surface area contributed by atoms with Gasteiger partial charge in [0.1, 0.15) is 11.5 Å². The van der Waals surface area contributed by atoms with Crippen LogP contribution in [0.5, 0.6) is 11.5 Å². The van der Waals surface area contributed by atoms with Gasteiger partial charge in [0.05, 0.1) is 22.5 Å². The standard InChI is InChI=1S/C19H15IN2O3/c1-25-18-10-14-5-3-2-4-13(14)9-15(18)19(24)22-21-11-12-6-7-17(23)16(20)8-12/h2-11,23H,1H3,(H,22,24). The van der Waals surface area contributed by atoms with Crippen molar-refractivity contribution in [3.63, 3.8) is 0 Å². The molecule has 0 aromatic heterocycles. The van der Waals surface area contributed by atoms with Gasteiger partial charge in [0, 0.05) is 0 Å². The van der Waals surface area contributed by atoms with Gasteiger partial charge in [-0.1, -0.05) is 24.3 Å². The van der Waals surface area contributed by atoms with Crippen LogP contribution in [0.3, 0.4) is 0 Å². The number of carbonyl (C=O) groups excluding carboxylic acids is 1. The molecule has 0 unspecified atom stereocenters. The number of hydrazone groups is 1. The smallest absolute Gasteiger partial charge is 0.275 e. The molecule has 5 nitrogen and oxygen atoms in total. The third-order valence-electron chi connectivity index (χ3n) is 3.66. The van der Waals surface area contributed by atoms with Crippen LogP contribution in [-0.2, 0) is 0 Å². The molecule has 0 radical (unpaired) electrons. The summed E-state index contributed by atoms with van der Waals surface area (Å²) >= 11 is 2.03. The molecule has 0 atom stereocenters. The van der Waals surface area contributed by atoms with Crippen molar-refractivity contribution in [2.75, 3.05) is 7.11 Å². The second-order valence-electron chi connectivity index (χ2n) is 5.31. The molecule has 3 aromatic carbocycles. The van der Waals surface area contributed by atoms with E-state index in [9.17, 15) is 9.90 Å². The Morgan fingerprint density at radius 1 is 1.16 bits per heavy atom. The Balaban J connectivity index is 1.81. The summed E-state index contributed by atoms with van der Waals surface area (Å²) in [6, 6.07) is 16.4. The van der Waals surface area contributed by atoms with Crippen LogP contribution in [0, 0.1) is 3.57 Å². The van der Waals surface area contributed by atoms with Gasteiger partial charge in [-0.25, -0.2) is 5.43 Å². The van der Waals surface area contributed by atoms with Crippen LogP contribution < -0.4 is 10.2 Å². The maximum Gasteiger partial charge on any atom is 0.275 e. The Morgan fingerprint density at radius 3 is 2.56 bits per heavy atom. The summed E-state index contributed by atoms with van der Waals surface area (Å²) in [4.78, 5) is 12.4. The van der Waals surface area contributed by atoms with Crippen LogP contribution in [0.1, 0.15) is 15.9 Å². The van der Waals surface area contributed by atoms with Gasteiger partial charge in [0.2, 0.25) is 0 Å². The fraction of sp³-hybridized carbons (Fsp3) is 0.0526. The first kappa shape index (κ1) is 17.2. The predicted octanol–water partition coefficient (Wildman–Crippen LogP) is 3.92. The van der Waals surface area contributed by atoms with E-state index in [0.717, 1.165) is 16.3 Å². The lowest BCUT2D eigenvalue weighted by atomic mass is 10.1. The average molecular weight is 446 g/mol. The van der Waals surface area contributed by atoms with Gasteiger partial charge in [-0.15, -0.1) is 0 Å². The summed E-state index contributed by atoms with van der Waals surface area (Å²) in [5.74, 6) is 0.348. The summed E-state index contributed by atoms with van der Waals surface area (Å²) in [6.45, 7) is 0. The lowest BCUT2D eigenvalue weighted by Crippen LogP contribution is -2.18. The number of phenolic OH excluding ortho intramolecular Hbond substituents is 1. The number of nitrogens with zero attached hydrogens (tertiary/aromatic N) is 1. The molecule has 6 heteroatoms. The molecule has 0 fully saturated rings. The van der Waals surface area contributed by atoms with Crippen molar-refractivity contribution < 1.29 is 14.6 Å². The van der Waals surface area contributed by atoms with Crippen LogP contribution >= 0.6 is 22.6 Å². The molecule has 25 heavy (non-hydrogen) atoms. The number of fused-ring (bicyclic) bond motifs is 1. The Kier molecular flexibility index (Phi) is 5.18. The van der Waals surface area contributed by atoms with Crippen molar-refractivity contribution in [1.82, 2.24) is 5.43 Å². The zero-order valence-electron chi connectivity index (χ0n) is 13.4. The molecular weight excluding hydrogens is 431 g/mol. The maximum atomic E-state index is 12.4. The summed E-state index contributed by atoms with van der Waals surface area (Å²) in [5.41, 5.74) is 3.69. The molecule has 0 saturated carbocycles. The van der Waals surface area contributed by atoms with Crippen molar-refractivity contribution in [2.45, 2.75) is 0 Å². The number of benzene rings is 3. The number of methoxy groups -OCH3 is 1. The maximum absolute atomic E-state index is 12.4. The van der Waals surface area contributed by atoms with E-state index in [1.807, 2.05) is 52.9 Å². The third kappa shape index (κ3) is 3.90. The number of hydrogen-bond donors (Lipinski definition) is 2. The molecule has 126 valence electrons. The van der Waals surface area contributed by atoms with Gasteiger partial charge < -0.3 is 9.84 Å². The van der Waals surface area contributed by atoms with Gasteiger partial charge in [0.15, 0.2) is 0 Å². The first-order valence-electron chi connectivity index (χ1n) is 7.47. The first-order chi connectivity index (χ1) is 12.1. The molecule has 2 N–H and O–H groups in total. The Labute approximate surface area is 158 Å². The third-order valence-corrected chi connectivity index (χ3v) is 4.53. The van der Waals surface area contributed by atoms with E-state index in [4.69, 9.17) is 4.74 Å². The number of nitrogens with one attached hydrogen (secondary N) is 1. The zero-order chi connectivity index (χ0) is 17.8. The average Bonchev–Trinajstić information content (AvgIpc) is 2.63. The number of phenols is 1. The second kappa shape index (κ2) is 7.52. The summed E-state index contributed by atoms with van der Waals surface area (Å²) in [5, 5.41) is 15.4. The lowest BCUT2D eigenvalue weighted by molar-refractivity contribution is 0.0952. The van der Waals surface area contributed by atoms with Gasteiger partial charge in [0.25, 0.3) is 5.91 Å². The molecule has 0 heterocycles. The first-order valence-corrected chi connectivity index (χ1v) is 8.55. The quantitative estimate of drug-likeness (QED) is 0.363. The number of rotatable bonds is 4. The Bertz CT molecular complexity index is 970. The predicted molar refractivity (Wildman–Crippen MR) is 106 cm³/mol. The Hall–Kier alpha value is -2.61. The summed E-state index contributed by atoms with van der Waals surface area (Å²) < 4.78 is 6.04. The molecule has 0 aliphatic rings. The minimum atomic E-state index is -0.354. The van der Waals surface area contributed by atoms with Crippen molar-refractivity contribution in [3.05, 3.63) is 69.3 Å². The topological polar surface area (TPSA) is 70.9 Å². The van der Waals surface area contributed by atoms with Crippen molar-refractivity contribution in [2.24, 2.45) is 5.10 Å². The fourth-order valence-electron chi connectivity index (χ4n) is 2.39. The van der Waals surface area contributed by atoms with Crippen LogP contribution in [-0.4, -0.2) is 24.3 Å². The van der Waals surface area contributed by atoms with Crippen LogP contribution in [0.4, 0.5) is 0 Å². The van der Waals surface area contributed by atoms with Crippen LogP contribution in [0.25, 0.3) is 10.8 Å². The highest BCUT2D eigenvalue weighted by Crippen LogP contribution is 2.26. The number of hydrogen-bond acceptors (Lipinski definition) is 4. The minimum Gasteiger partial charge on any atom is -0.507 e. The van der Waals surface area contributed by atoms with Gasteiger partial charge in [-0.3, -0.25) is 4.79 Å². The molecule has 0 aliphatic heterocycles. The molecule has 3 aromatic rings. The zero-order valence-corrected chi connectivity index (χ0v) is 15.5. The van der Waals surface area contributed by atoms with Gasteiger partial charge in [-0.05, 0) is 69.3 Å².